The number of aromatic nitrogens is 1. The van der Waals surface area contributed by atoms with Gasteiger partial charge in [-0.3, -0.25) is 9.78 Å². The van der Waals surface area contributed by atoms with Gasteiger partial charge in [0.25, 0.3) is 0 Å². The molecule has 2 N–H and O–H groups in total. The predicted molar refractivity (Wildman–Crippen MR) is 68.4 cm³/mol. The zero-order chi connectivity index (χ0) is 12.5. The van der Waals surface area contributed by atoms with Crippen LogP contribution in [0.2, 0.25) is 0 Å². The van der Waals surface area contributed by atoms with Crippen molar-refractivity contribution < 1.29 is 4.79 Å². The second kappa shape index (κ2) is 7.79. The summed E-state index contributed by atoms with van der Waals surface area (Å²) in [6, 6.07) is 3.93. The molecule has 1 aromatic rings. The Morgan fingerprint density at radius 1 is 1.35 bits per heavy atom. The molecule has 0 spiro atoms. The van der Waals surface area contributed by atoms with E-state index in [2.05, 4.69) is 29.5 Å². The van der Waals surface area contributed by atoms with Gasteiger partial charge < -0.3 is 10.6 Å². The summed E-state index contributed by atoms with van der Waals surface area (Å²) in [6.45, 7) is 6.40. The number of nitrogens with zero attached hydrogens (tertiary/aromatic N) is 1. The summed E-state index contributed by atoms with van der Waals surface area (Å²) in [5, 5.41) is 6.12. The van der Waals surface area contributed by atoms with Crippen molar-refractivity contribution in [2.45, 2.75) is 26.8 Å². The van der Waals surface area contributed by atoms with E-state index in [1.807, 2.05) is 12.1 Å². The molecule has 17 heavy (non-hydrogen) atoms. The third-order valence-corrected chi connectivity index (χ3v) is 2.31. The molecule has 1 heterocycles. The molecule has 0 radical (unpaired) electrons. The van der Waals surface area contributed by atoms with Gasteiger partial charge in [-0.05, 0) is 23.6 Å². The Labute approximate surface area is 103 Å². The minimum atomic E-state index is 0.112. The van der Waals surface area contributed by atoms with E-state index in [1.165, 1.54) is 5.56 Å². The Bertz CT molecular complexity index is 325. The maximum atomic E-state index is 11.4. The van der Waals surface area contributed by atoms with E-state index >= 15 is 0 Å². The maximum absolute atomic E-state index is 11.4. The van der Waals surface area contributed by atoms with Crippen LogP contribution in [-0.2, 0) is 11.3 Å². The molecule has 0 fully saturated rings. The average Bonchev–Trinajstić information content (AvgIpc) is 2.33. The first-order valence-electron chi connectivity index (χ1n) is 6.05. The summed E-state index contributed by atoms with van der Waals surface area (Å²) in [6.07, 6.45) is 4.07. The van der Waals surface area contributed by atoms with E-state index in [-0.39, 0.29) is 5.91 Å². The fraction of sp³-hybridized carbons (Fsp3) is 0.538. The molecule has 0 saturated heterocycles. The van der Waals surface area contributed by atoms with Crippen LogP contribution in [-0.4, -0.2) is 24.0 Å². The lowest BCUT2D eigenvalue weighted by atomic mass is 10.2. The quantitative estimate of drug-likeness (QED) is 0.701. The average molecular weight is 235 g/mol. The molecule has 0 aliphatic carbocycles. The molecule has 0 aliphatic heterocycles. The van der Waals surface area contributed by atoms with Crippen LogP contribution in [0.4, 0.5) is 0 Å². The number of carbonyl (C=O) groups is 1. The zero-order valence-corrected chi connectivity index (χ0v) is 10.6. The van der Waals surface area contributed by atoms with Crippen molar-refractivity contribution in [3.8, 4) is 0 Å². The van der Waals surface area contributed by atoms with Gasteiger partial charge in [-0.1, -0.05) is 13.8 Å². The normalized spacial score (nSPS) is 10.5. The largest absolute Gasteiger partial charge is 0.356 e. The minimum absolute atomic E-state index is 0.112. The number of pyridine rings is 1. The minimum Gasteiger partial charge on any atom is -0.356 e. The fourth-order valence-electron chi connectivity index (χ4n) is 1.34. The van der Waals surface area contributed by atoms with E-state index in [0.29, 0.717) is 18.9 Å². The van der Waals surface area contributed by atoms with Gasteiger partial charge in [-0.15, -0.1) is 0 Å². The van der Waals surface area contributed by atoms with E-state index in [0.717, 1.165) is 13.1 Å². The number of rotatable bonds is 7. The number of hydrogen-bond acceptors (Lipinski definition) is 3. The highest BCUT2D eigenvalue weighted by Gasteiger charge is 2.01. The molecular formula is C13H21N3O. The van der Waals surface area contributed by atoms with Crippen LogP contribution < -0.4 is 10.6 Å². The molecule has 0 atom stereocenters. The van der Waals surface area contributed by atoms with Crippen molar-refractivity contribution in [2.75, 3.05) is 13.1 Å². The number of carbonyl (C=O) groups excluding carboxylic acids is 1. The van der Waals surface area contributed by atoms with E-state index in [4.69, 9.17) is 0 Å². The third kappa shape index (κ3) is 6.68. The summed E-state index contributed by atoms with van der Waals surface area (Å²) in [7, 11) is 0. The summed E-state index contributed by atoms with van der Waals surface area (Å²) >= 11 is 0. The fourth-order valence-corrected chi connectivity index (χ4v) is 1.34. The summed E-state index contributed by atoms with van der Waals surface area (Å²) < 4.78 is 0. The van der Waals surface area contributed by atoms with E-state index in [1.54, 1.807) is 12.4 Å². The van der Waals surface area contributed by atoms with Crippen molar-refractivity contribution in [1.82, 2.24) is 15.6 Å². The standard InChI is InChI=1S/C13H21N3O/c1-11(2)9-16-13(17)5-8-15-10-12-3-6-14-7-4-12/h3-4,6-7,11,15H,5,8-10H2,1-2H3,(H,16,17). The molecule has 1 amide bonds. The van der Waals surface area contributed by atoms with Gasteiger partial charge in [0.1, 0.15) is 0 Å². The van der Waals surface area contributed by atoms with Crippen LogP contribution in [0.5, 0.6) is 0 Å². The first kappa shape index (κ1) is 13.6. The Morgan fingerprint density at radius 2 is 2.06 bits per heavy atom. The predicted octanol–water partition coefficient (Wildman–Crippen LogP) is 1.33. The molecule has 0 bridgehead atoms. The van der Waals surface area contributed by atoms with Crippen molar-refractivity contribution in [1.29, 1.82) is 0 Å². The van der Waals surface area contributed by atoms with Crippen LogP contribution in [0.25, 0.3) is 0 Å². The molecule has 0 aliphatic rings. The first-order chi connectivity index (χ1) is 8.18. The molecule has 0 aromatic carbocycles. The molecule has 0 saturated carbocycles. The maximum Gasteiger partial charge on any atom is 0.221 e. The topological polar surface area (TPSA) is 54.0 Å². The monoisotopic (exact) mass is 235 g/mol. The van der Waals surface area contributed by atoms with Gasteiger partial charge in [0.2, 0.25) is 5.91 Å². The molecule has 0 unspecified atom stereocenters. The number of nitrogens with one attached hydrogen (secondary N) is 2. The molecule has 1 rings (SSSR count). The Kier molecular flexibility index (Phi) is 6.25. The second-order valence-corrected chi connectivity index (χ2v) is 4.48. The molecule has 1 aromatic heterocycles. The SMILES string of the molecule is CC(C)CNC(=O)CCNCc1ccncc1. The highest BCUT2D eigenvalue weighted by Crippen LogP contribution is 1.94. The van der Waals surface area contributed by atoms with Crippen LogP contribution in [0, 0.1) is 5.92 Å². The van der Waals surface area contributed by atoms with Gasteiger partial charge in [0.05, 0.1) is 0 Å². The number of amides is 1. The molecule has 4 heteroatoms. The lowest BCUT2D eigenvalue weighted by molar-refractivity contribution is -0.121. The first-order valence-corrected chi connectivity index (χ1v) is 6.05. The van der Waals surface area contributed by atoms with Crippen molar-refractivity contribution in [3.63, 3.8) is 0 Å². The van der Waals surface area contributed by atoms with Crippen LogP contribution in [0.15, 0.2) is 24.5 Å². The third-order valence-electron chi connectivity index (χ3n) is 2.31. The van der Waals surface area contributed by atoms with Crippen LogP contribution in [0.3, 0.4) is 0 Å². The summed E-state index contributed by atoms with van der Waals surface area (Å²) in [5.41, 5.74) is 1.18. The van der Waals surface area contributed by atoms with E-state index < -0.39 is 0 Å². The number of hydrogen-bond donors (Lipinski definition) is 2. The summed E-state index contributed by atoms with van der Waals surface area (Å²) in [4.78, 5) is 15.3. The van der Waals surface area contributed by atoms with Gasteiger partial charge in [0.15, 0.2) is 0 Å². The zero-order valence-electron chi connectivity index (χ0n) is 10.6. The van der Waals surface area contributed by atoms with Crippen LogP contribution >= 0.6 is 0 Å². The lowest BCUT2D eigenvalue weighted by Crippen LogP contribution is -2.30. The Balaban J connectivity index is 2.06. The second-order valence-electron chi connectivity index (χ2n) is 4.48. The van der Waals surface area contributed by atoms with Gasteiger partial charge in [0, 0.05) is 38.4 Å². The molecule has 4 nitrogen and oxygen atoms in total. The lowest BCUT2D eigenvalue weighted by Gasteiger charge is -2.08. The smallest absolute Gasteiger partial charge is 0.221 e. The molecular weight excluding hydrogens is 214 g/mol. The Hall–Kier alpha value is -1.42. The van der Waals surface area contributed by atoms with Gasteiger partial charge in [-0.2, -0.15) is 0 Å². The van der Waals surface area contributed by atoms with Gasteiger partial charge >= 0.3 is 0 Å². The summed E-state index contributed by atoms with van der Waals surface area (Å²) in [5.74, 6) is 0.615. The molecule has 94 valence electrons. The highest BCUT2D eigenvalue weighted by atomic mass is 16.1. The van der Waals surface area contributed by atoms with Crippen LogP contribution in [0.1, 0.15) is 25.8 Å². The van der Waals surface area contributed by atoms with Crippen molar-refractivity contribution in [3.05, 3.63) is 30.1 Å². The van der Waals surface area contributed by atoms with Crippen molar-refractivity contribution in [2.24, 2.45) is 5.92 Å². The highest BCUT2D eigenvalue weighted by molar-refractivity contribution is 5.76. The Morgan fingerprint density at radius 3 is 2.71 bits per heavy atom. The van der Waals surface area contributed by atoms with Crippen molar-refractivity contribution >= 4 is 5.91 Å². The van der Waals surface area contributed by atoms with Gasteiger partial charge in [-0.25, -0.2) is 0 Å². The van der Waals surface area contributed by atoms with E-state index in [9.17, 15) is 4.79 Å².